The highest BCUT2D eigenvalue weighted by atomic mass is 32.2. The molecule has 112 valence electrons. The van der Waals surface area contributed by atoms with Crippen molar-refractivity contribution in [2.75, 3.05) is 18.9 Å². The first kappa shape index (κ1) is 15.4. The summed E-state index contributed by atoms with van der Waals surface area (Å²) in [6, 6.07) is 7.33. The van der Waals surface area contributed by atoms with E-state index in [0.717, 1.165) is 17.7 Å². The monoisotopic (exact) mass is 307 g/mol. The lowest BCUT2D eigenvalue weighted by Crippen LogP contribution is -2.37. The smallest absolute Gasteiger partial charge is 0.323 e. The van der Waals surface area contributed by atoms with E-state index in [1.165, 1.54) is 16.7 Å². The lowest BCUT2D eigenvalue weighted by atomic mass is 10.1. The van der Waals surface area contributed by atoms with Crippen LogP contribution in [0.3, 0.4) is 0 Å². The summed E-state index contributed by atoms with van der Waals surface area (Å²) < 4.78 is 5.51. The van der Waals surface area contributed by atoms with Gasteiger partial charge in [0.15, 0.2) is 0 Å². The Morgan fingerprint density at radius 3 is 2.71 bits per heavy atom. The number of nitrogens with zero attached hydrogens (tertiary/aromatic N) is 1. The Morgan fingerprint density at radius 2 is 2.10 bits per heavy atom. The zero-order chi connectivity index (χ0) is 15.2. The van der Waals surface area contributed by atoms with Gasteiger partial charge in [-0.1, -0.05) is 6.92 Å². The molecule has 1 aliphatic rings. The maximum absolute atomic E-state index is 11.9. The molecule has 0 aliphatic carbocycles. The molecule has 0 bridgehead atoms. The molecule has 2 rings (SSSR count). The fourth-order valence-corrected chi connectivity index (χ4v) is 2.75. The van der Waals surface area contributed by atoms with Crippen molar-refractivity contribution in [3.8, 4) is 5.75 Å². The summed E-state index contributed by atoms with van der Waals surface area (Å²) in [5.74, 6) is -0.176. The molecule has 6 heteroatoms. The van der Waals surface area contributed by atoms with Gasteiger partial charge in [0.2, 0.25) is 5.91 Å². The van der Waals surface area contributed by atoms with E-state index in [0.29, 0.717) is 12.3 Å². The molecule has 0 aromatic heterocycles. The number of thioether (sulfide) groups is 1. The average Bonchev–Trinajstić information content (AvgIpc) is 2.47. The molecule has 0 atom stereocenters. The van der Waals surface area contributed by atoms with E-state index in [4.69, 9.17) is 9.84 Å². The van der Waals surface area contributed by atoms with Crippen molar-refractivity contribution in [2.24, 2.45) is 0 Å². The van der Waals surface area contributed by atoms with Gasteiger partial charge >= 0.3 is 5.97 Å². The summed E-state index contributed by atoms with van der Waals surface area (Å²) in [6.45, 7) is 2.37. The van der Waals surface area contributed by atoms with Crippen LogP contribution in [0.4, 0.5) is 0 Å². The first-order chi connectivity index (χ1) is 10.1. The second kappa shape index (κ2) is 7.17. The van der Waals surface area contributed by atoms with Gasteiger partial charge in [-0.15, -0.1) is 11.8 Å². The van der Waals surface area contributed by atoms with Gasteiger partial charge in [0, 0.05) is 0 Å². The highest BCUT2D eigenvalue weighted by molar-refractivity contribution is 8.03. The van der Waals surface area contributed by atoms with Gasteiger partial charge in [-0.25, -0.2) is 0 Å². The topological polar surface area (TPSA) is 66.8 Å². The number of benzene rings is 1. The molecule has 0 saturated carbocycles. The Morgan fingerprint density at radius 1 is 1.38 bits per heavy atom. The summed E-state index contributed by atoms with van der Waals surface area (Å²) >= 11 is 1.38. The number of hydrogen-bond acceptors (Lipinski definition) is 4. The lowest BCUT2D eigenvalue weighted by molar-refractivity contribution is -0.141. The second-order valence-electron chi connectivity index (χ2n) is 4.56. The number of rotatable bonds is 6. The molecule has 0 spiro atoms. The minimum absolute atomic E-state index is 0.189. The number of carboxylic acids is 1. The largest absolute Gasteiger partial charge is 0.494 e. The zero-order valence-electron chi connectivity index (χ0n) is 11.7. The van der Waals surface area contributed by atoms with E-state index in [9.17, 15) is 9.59 Å². The molecule has 0 saturated heterocycles. The van der Waals surface area contributed by atoms with Crippen molar-refractivity contribution >= 4 is 29.3 Å². The summed E-state index contributed by atoms with van der Waals surface area (Å²) in [6.07, 6.45) is 0.935. The van der Waals surface area contributed by atoms with Gasteiger partial charge < -0.3 is 9.84 Å². The highest BCUT2D eigenvalue weighted by Gasteiger charge is 2.25. The fraction of sp³-hybridized carbons (Fsp3) is 0.333. The summed E-state index contributed by atoms with van der Waals surface area (Å²) in [4.78, 5) is 24.1. The molecular weight excluding hydrogens is 290 g/mol. The molecule has 1 heterocycles. The van der Waals surface area contributed by atoms with Crippen LogP contribution < -0.4 is 4.74 Å². The van der Waals surface area contributed by atoms with Crippen LogP contribution >= 0.6 is 11.8 Å². The Kier molecular flexibility index (Phi) is 5.27. The molecular formula is C15H17NO4S. The molecule has 0 unspecified atom stereocenters. The van der Waals surface area contributed by atoms with Gasteiger partial charge in [0.05, 0.1) is 18.1 Å². The van der Waals surface area contributed by atoms with Crippen LogP contribution in [0.15, 0.2) is 29.7 Å². The Hall–Kier alpha value is -1.95. The van der Waals surface area contributed by atoms with Crippen molar-refractivity contribution < 1.29 is 19.4 Å². The Labute approximate surface area is 127 Å². The second-order valence-corrected chi connectivity index (χ2v) is 5.42. The summed E-state index contributed by atoms with van der Waals surface area (Å²) in [5, 5.41) is 10.8. The standard InChI is InChI=1S/C15H17NO4S/c1-2-7-20-12-5-3-11(4-6-12)13-9-21-10-14(17)16(13)8-15(18)19/h3-6,9H,2,7-8,10H2,1H3,(H,18,19). The minimum atomic E-state index is -1.02. The van der Waals surface area contributed by atoms with E-state index < -0.39 is 5.97 Å². The maximum atomic E-state index is 11.9. The number of carbonyl (C=O) groups is 2. The van der Waals surface area contributed by atoms with Gasteiger partial charge in [-0.05, 0) is 41.7 Å². The van der Waals surface area contributed by atoms with Crippen LogP contribution in [0.5, 0.6) is 5.75 Å². The molecule has 1 aromatic carbocycles. The quantitative estimate of drug-likeness (QED) is 0.874. The van der Waals surface area contributed by atoms with Crippen molar-refractivity contribution in [3.63, 3.8) is 0 Å². The molecule has 5 nitrogen and oxygen atoms in total. The van der Waals surface area contributed by atoms with E-state index in [2.05, 4.69) is 0 Å². The lowest BCUT2D eigenvalue weighted by Gasteiger charge is -2.27. The SMILES string of the molecule is CCCOc1ccc(C2=CSCC(=O)N2CC(=O)O)cc1. The van der Waals surface area contributed by atoms with E-state index in [1.807, 2.05) is 36.6 Å². The molecule has 1 aliphatic heterocycles. The minimum Gasteiger partial charge on any atom is -0.494 e. The van der Waals surface area contributed by atoms with E-state index in [-0.39, 0.29) is 18.2 Å². The highest BCUT2D eigenvalue weighted by Crippen LogP contribution is 2.29. The van der Waals surface area contributed by atoms with Gasteiger partial charge in [-0.2, -0.15) is 0 Å². The maximum Gasteiger partial charge on any atom is 0.323 e. The third kappa shape index (κ3) is 4.01. The predicted molar refractivity (Wildman–Crippen MR) is 82.0 cm³/mol. The van der Waals surface area contributed by atoms with Crippen LogP contribution in [0.25, 0.3) is 5.70 Å². The van der Waals surface area contributed by atoms with Gasteiger partial charge in [0.1, 0.15) is 12.3 Å². The van der Waals surface area contributed by atoms with Crippen LogP contribution in [-0.4, -0.2) is 40.8 Å². The first-order valence-electron chi connectivity index (χ1n) is 6.69. The van der Waals surface area contributed by atoms with E-state index in [1.54, 1.807) is 0 Å². The van der Waals surface area contributed by atoms with E-state index >= 15 is 0 Å². The summed E-state index contributed by atoms with van der Waals surface area (Å²) in [7, 11) is 0. The molecule has 21 heavy (non-hydrogen) atoms. The number of amides is 1. The number of carbonyl (C=O) groups excluding carboxylic acids is 1. The first-order valence-corrected chi connectivity index (χ1v) is 7.74. The van der Waals surface area contributed by atoms with Crippen LogP contribution in [0.1, 0.15) is 18.9 Å². The van der Waals surface area contributed by atoms with Crippen molar-refractivity contribution in [3.05, 3.63) is 35.2 Å². The molecule has 1 N–H and O–H groups in total. The number of aliphatic carboxylic acids is 1. The van der Waals surface area contributed by atoms with Crippen molar-refractivity contribution in [1.29, 1.82) is 0 Å². The van der Waals surface area contributed by atoms with Crippen molar-refractivity contribution in [2.45, 2.75) is 13.3 Å². The average molecular weight is 307 g/mol. The molecule has 0 fully saturated rings. The Bertz CT molecular complexity index is 553. The molecule has 0 radical (unpaired) electrons. The normalized spacial score (nSPS) is 14.8. The summed E-state index contributed by atoms with van der Waals surface area (Å²) in [5.41, 5.74) is 1.43. The molecule has 1 aromatic rings. The third-order valence-electron chi connectivity index (χ3n) is 2.91. The number of carboxylic acid groups (broad SMARTS) is 1. The number of hydrogen-bond donors (Lipinski definition) is 1. The zero-order valence-corrected chi connectivity index (χ0v) is 12.6. The van der Waals surface area contributed by atoms with Gasteiger partial charge in [-0.3, -0.25) is 14.5 Å². The van der Waals surface area contributed by atoms with Crippen LogP contribution in [-0.2, 0) is 9.59 Å². The van der Waals surface area contributed by atoms with Crippen molar-refractivity contribution in [1.82, 2.24) is 4.90 Å². The van der Waals surface area contributed by atoms with Crippen LogP contribution in [0.2, 0.25) is 0 Å². The predicted octanol–water partition coefficient (Wildman–Crippen LogP) is 2.43. The molecule has 1 amide bonds. The fourth-order valence-electron chi connectivity index (χ4n) is 1.94. The Balaban J connectivity index is 2.19. The van der Waals surface area contributed by atoms with Crippen LogP contribution in [0, 0.1) is 0 Å². The third-order valence-corrected chi connectivity index (χ3v) is 3.71. The van der Waals surface area contributed by atoms with Gasteiger partial charge in [0.25, 0.3) is 0 Å². The number of ether oxygens (including phenoxy) is 1.